The maximum absolute atomic E-state index is 13.8. The van der Waals surface area contributed by atoms with Gasteiger partial charge in [0.05, 0.1) is 18.1 Å². The van der Waals surface area contributed by atoms with Gasteiger partial charge in [-0.05, 0) is 47.8 Å². The third kappa shape index (κ3) is 4.78. The summed E-state index contributed by atoms with van der Waals surface area (Å²) in [5, 5.41) is 12.2. The predicted octanol–water partition coefficient (Wildman–Crippen LogP) is 7.12. The molecule has 0 amide bonds. The lowest BCUT2D eigenvalue weighted by Crippen LogP contribution is -2.09. The molecule has 2 aromatic carbocycles. The molecule has 1 heterocycles. The highest BCUT2D eigenvalue weighted by Gasteiger charge is 2.39. The Kier molecular flexibility index (Phi) is 7.24. The van der Waals surface area contributed by atoms with Crippen molar-refractivity contribution in [1.82, 2.24) is 0 Å². The van der Waals surface area contributed by atoms with Gasteiger partial charge in [-0.1, -0.05) is 30.3 Å². The van der Waals surface area contributed by atoms with Crippen LogP contribution >= 0.6 is 34.9 Å². The number of hydrogen-bond acceptors (Lipinski definition) is 6. The van der Waals surface area contributed by atoms with Gasteiger partial charge in [-0.3, -0.25) is 14.7 Å². The van der Waals surface area contributed by atoms with E-state index in [4.69, 9.17) is 9.05 Å². The van der Waals surface area contributed by atoms with Crippen LogP contribution in [0.1, 0.15) is 29.9 Å². The lowest BCUT2D eigenvalue weighted by atomic mass is 10.1. The molecule has 3 aromatic rings. The second-order valence-electron chi connectivity index (χ2n) is 6.30. The van der Waals surface area contributed by atoms with Gasteiger partial charge < -0.3 is 9.05 Å². The van der Waals surface area contributed by atoms with Crippen LogP contribution in [0.25, 0.3) is 10.1 Å². The van der Waals surface area contributed by atoms with Gasteiger partial charge in [0.1, 0.15) is 5.66 Å². The average molecular weight is 498 g/mol. The van der Waals surface area contributed by atoms with Gasteiger partial charge in [-0.25, -0.2) is 0 Å². The van der Waals surface area contributed by atoms with E-state index in [0.717, 1.165) is 19.4 Å². The molecule has 1 aromatic heterocycles. The molecule has 0 N–H and O–H groups in total. The minimum Gasteiger partial charge on any atom is -0.308 e. The Morgan fingerprint density at radius 2 is 1.83 bits per heavy atom. The van der Waals surface area contributed by atoms with Crippen LogP contribution in [0.15, 0.2) is 53.0 Å². The SMILES string of the molecule is CCOP(=O)(OCC)C(Cc1cccc([N+](=O)[O-])c1)c1sc2ccccc2c1Br. The zero-order valence-corrected chi connectivity index (χ0v) is 19.3. The summed E-state index contributed by atoms with van der Waals surface area (Å²) in [6.07, 6.45) is 0.296. The zero-order valence-electron chi connectivity index (χ0n) is 16.0. The van der Waals surface area contributed by atoms with Crippen LogP contribution in [-0.4, -0.2) is 18.1 Å². The van der Waals surface area contributed by atoms with Gasteiger partial charge in [0.15, 0.2) is 0 Å². The van der Waals surface area contributed by atoms with Gasteiger partial charge >= 0.3 is 7.60 Å². The smallest absolute Gasteiger partial charge is 0.308 e. The number of thiophene rings is 1. The summed E-state index contributed by atoms with van der Waals surface area (Å²) >= 11 is 5.20. The molecule has 9 heteroatoms. The molecule has 154 valence electrons. The van der Waals surface area contributed by atoms with Crippen molar-refractivity contribution in [2.24, 2.45) is 0 Å². The van der Waals surface area contributed by atoms with Gasteiger partial charge in [-0.2, -0.15) is 0 Å². The molecule has 3 rings (SSSR count). The van der Waals surface area contributed by atoms with Crippen LogP contribution < -0.4 is 0 Å². The first-order chi connectivity index (χ1) is 13.9. The Morgan fingerprint density at radius 3 is 2.45 bits per heavy atom. The normalized spacial score (nSPS) is 12.9. The molecule has 0 saturated heterocycles. The number of nitro groups is 1. The summed E-state index contributed by atoms with van der Waals surface area (Å²) in [6, 6.07) is 14.3. The maximum Gasteiger partial charge on any atom is 0.339 e. The quantitative estimate of drug-likeness (QED) is 0.178. The molecule has 1 atom stereocenters. The lowest BCUT2D eigenvalue weighted by Gasteiger charge is -2.26. The Morgan fingerprint density at radius 1 is 1.14 bits per heavy atom. The molecule has 29 heavy (non-hydrogen) atoms. The molecule has 6 nitrogen and oxygen atoms in total. The van der Waals surface area contributed by atoms with Crippen molar-refractivity contribution in [2.75, 3.05) is 13.2 Å². The van der Waals surface area contributed by atoms with Crippen LogP contribution in [0.3, 0.4) is 0 Å². The summed E-state index contributed by atoms with van der Waals surface area (Å²) in [4.78, 5) is 11.6. The van der Waals surface area contributed by atoms with E-state index in [-0.39, 0.29) is 18.9 Å². The molecular weight excluding hydrogens is 477 g/mol. The van der Waals surface area contributed by atoms with E-state index >= 15 is 0 Å². The van der Waals surface area contributed by atoms with Gasteiger partial charge in [0.2, 0.25) is 0 Å². The molecule has 0 aliphatic carbocycles. The van der Waals surface area contributed by atoms with Crippen molar-refractivity contribution in [3.63, 3.8) is 0 Å². The number of hydrogen-bond donors (Lipinski definition) is 0. The third-order valence-corrected chi connectivity index (χ3v) is 9.43. The number of nitro benzene ring substituents is 1. The number of nitrogens with zero attached hydrogens (tertiary/aromatic N) is 1. The van der Waals surface area contributed by atoms with Crippen LogP contribution in [-0.2, 0) is 20.0 Å². The summed E-state index contributed by atoms with van der Waals surface area (Å²) in [6.45, 7) is 4.03. The predicted molar refractivity (Wildman–Crippen MR) is 120 cm³/mol. The molecule has 0 radical (unpaired) electrons. The number of benzene rings is 2. The molecule has 0 fully saturated rings. The topological polar surface area (TPSA) is 78.7 Å². The monoisotopic (exact) mass is 497 g/mol. The Bertz CT molecular complexity index is 1060. The van der Waals surface area contributed by atoms with Crippen LogP contribution in [0, 0.1) is 10.1 Å². The van der Waals surface area contributed by atoms with Crippen molar-refractivity contribution >= 4 is 50.6 Å². The number of halogens is 1. The fourth-order valence-corrected chi connectivity index (χ4v) is 8.00. The van der Waals surface area contributed by atoms with Crippen LogP contribution in [0.2, 0.25) is 0 Å². The highest BCUT2D eigenvalue weighted by Crippen LogP contribution is 2.64. The summed E-state index contributed by atoms with van der Waals surface area (Å²) < 4.78 is 27.0. The van der Waals surface area contributed by atoms with Crippen molar-refractivity contribution < 1.29 is 18.5 Å². The molecule has 0 aliphatic rings. The largest absolute Gasteiger partial charge is 0.339 e. The molecule has 0 spiro atoms. The first-order valence-corrected chi connectivity index (χ1v) is 12.4. The van der Waals surface area contributed by atoms with E-state index in [1.807, 2.05) is 24.3 Å². The molecule has 0 bridgehead atoms. The molecule has 1 unspecified atom stereocenters. The summed E-state index contributed by atoms with van der Waals surface area (Å²) in [5.41, 5.74) is 0.115. The van der Waals surface area contributed by atoms with Crippen molar-refractivity contribution in [2.45, 2.75) is 25.9 Å². The fourth-order valence-electron chi connectivity index (χ4n) is 3.19. The first kappa shape index (κ1) is 22.1. The second kappa shape index (κ2) is 9.49. The Labute approximate surface area is 181 Å². The standard InChI is InChI=1S/C20H21BrNO5PS/c1-3-26-28(25,27-4-2)17(13-14-8-7-9-15(12-14)22(23)24)20-19(21)16-10-5-6-11-18(16)29-20/h5-12,17H,3-4,13H2,1-2H3. The van der Waals surface area contributed by atoms with E-state index in [9.17, 15) is 14.7 Å². The second-order valence-corrected chi connectivity index (χ2v) is 10.4. The minimum atomic E-state index is -3.53. The van der Waals surface area contributed by atoms with Gasteiger partial charge in [-0.15, -0.1) is 11.3 Å². The molecule has 0 aliphatic heterocycles. The maximum atomic E-state index is 13.8. The highest BCUT2D eigenvalue weighted by molar-refractivity contribution is 9.10. The van der Waals surface area contributed by atoms with E-state index in [0.29, 0.717) is 12.0 Å². The van der Waals surface area contributed by atoms with Crippen molar-refractivity contribution in [3.05, 3.63) is 73.6 Å². The number of rotatable bonds is 9. The van der Waals surface area contributed by atoms with Gasteiger partial charge in [0.25, 0.3) is 5.69 Å². The summed E-state index contributed by atoms with van der Waals surface area (Å²) in [7, 11) is -3.53. The number of non-ortho nitro benzene ring substituents is 1. The average Bonchev–Trinajstić information content (AvgIpc) is 3.03. The minimum absolute atomic E-state index is 0.000640. The van der Waals surface area contributed by atoms with Gasteiger partial charge in [0, 0.05) is 31.6 Å². The van der Waals surface area contributed by atoms with E-state index in [1.165, 1.54) is 23.5 Å². The summed E-state index contributed by atoms with van der Waals surface area (Å²) in [5.74, 6) is 0. The van der Waals surface area contributed by atoms with Crippen LogP contribution in [0.5, 0.6) is 0 Å². The van der Waals surface area contributed by atoms with E-state index < -0.39 is 18.2 Å². The highest BCUT2D eigenvalue weighted by atomic mass is 79.9. The fraction of sp³-hybridized carbons (Fsp3) is 0.300. The van der Waals surface area contributed by atoms with Crippen molar-refractivity contribution in [3.8, 4) is 0 Å². The van der Waals surface area contributed by atoms with E-state index in [1.54, 1.807) is 26.0 Å². The molecular formula is C20H21BrNO5PS. The third-order valence-electron chi connectivity index (χ3n) is 4.41. The number of fused-ring (bicyclic) bond motifs is 1. The van der Waals surface area contributed by atoms with Crippen molar-refractivity contribution in [1.29, 1.82) is 0 Å². The Balaban J connectivity index is 2.13. The van der Waals surface area contributed by atoms with Crippen LogP contribution in [0.4, 0.5) is 5.69 Å². The first-order valence-electron chi connectivity index (χ1n) is 9.18. The Hall–Kier alpha value is -1.57. The zero-order chi connectivity index (χ0) is 21.0. The van der Waals surface area contributed by atoms with E-state index in [2.05, 4.69) is 15.9 Å². The molecule has 0 saturated carbocycles. The lowest BCUT2D eigenvalue weighted by molar-refractivity contribution is -0.384.